The van der Waals surface area contributed by atoms with Crippen molar-refractivity contribution in [3.05, 3.63) is 88.2 Å². The minimum atomic E-state index is -3.04. The number of hydrogen-bond donors (Lipinski definition) is 3. The SMILES string of the molecule is CC(C)C(NC(=O)O)C(=O)N(CCCc1ccc(F)c(C(=O)c2c[nH]c3ncc(-c4ccc(Cl)cc4)cc23)c1F)S(=O)[O-]. The van der Waals surface area contributed by atoms with Crippen molar-refractivity contribution in [1.29, 1.82) is 0 Å². The van der Waals surface area contributed by atoms with Crippen molar-refractivity contribution in [3.63, 3.8) is 0 Å². The lowest BCUT2D eigenvalue weighted by molar-refractivity contribution is -0.129. The van der Waals surface area contributed by atoms with Crippen molar-refractivity contribution >= 4 is 51.7 Å². The molecule has 4 rings (SSSR count). The fourth-order valence-electron chi connectivity index (χ4n) is 4.60. The van der Waals surface area contributed by atoms with Crippen LogP contribution in [0.1, 0.15) is 41.8 Å². The Balaban J connectivity index is 1.57. The minimum Gasteiger partial charge on any atom is -0.755 e. The van der Waals surface area contributed by atoms with Gasteiger partial charge in [0.1, 0.15) is 23.3 Å². The molecule has 10 nitrogen and oxygen atoms in total. The number of pyridine rings is 1. The Morgan fingerprint density at radius 2 is 1.84 bits per heavy atom. The van der Waals surface area contributed by atoms with E-state index in [1.807, 2.05) is 5.32 Å². The number of rotatable bonds is 11. The first-order chi connectivity index (χ1) is 20.4. The van der Waals surface area contributed by atoms with Gasteiger partial charge in [-0.25, -0.2) is 18.6 Å². The first kappa shape index (κ1) is 31.7. The summed E-state index contributed by atoms with van der Waals surface area (Å²) in [5, 5.41) is 11.9. The number of nitrogens with one attached hydrogen (secondary N) is 2. The molecule has 43 heavy (non-hydrogen) atoms. The third-order valence-electron chi connectivity index (χ3n) is 6.80. The number of fused-ring (bicyclic) bond motifs is 1. The first-order valence-corrected chi connectivity index (χ1v) is 14.4. The minimum absolute atomic E-state index is 0.00237. The third kappa shape index (κ3) is 7.07. The summed E-state index contributed by atoms with van der Waals surface area (Å²) in [5.41, 5.74) is 0.894. The number of ketones is 1. The van der Waals surface area contributed by atoms with E-state index in [4.69, 9.17) is 16.7 Å². The van der Waals surface area contributed by atoms with E-state index < -0.39 is 64.8 Å². The molecule has 2 unspecified atom stereocenters. The second-order valence-corrected chi connectivity index (χ2v) is 11.3. The van der Waals surface area contributed by atoms with Gasteiger partial charge in [0.2, 0.25) is 5.78 Å². The average Bonchev–Trinajstić information content (AvgIpc) is 3.38. The zero-order chi connectivity index (χ0) is 31.4. The number of carbonyl (C=O) groups is 3. The predicted molar refractivity (Wildman–Crippen MR) is 155 cm³/mol. The lowest BCUT2D eigenvalue weighted by Crippen LogP contribution is -2.51. The van der Waals surface area contributed by atoms with E-state index in [1.165, 1.54) is 6.20 Å². The van der Waals surface area contributed by atoms with Gasteiger partial charge in [-0.15, -0.1) is 0 Å². The highest BCUT2D eigenvalue weighted by atomic mass is 35.5. The zero-order valence-electron chi connectivity index (χ0n) is 22.9. The maximum Gasteiger partial charge on any atom is 0.405 e. The quantitative estimate of drug-likeness (QED) is 0.151. The van der Waals surface area contributed by atoms with Crippen molar-refractivity contribution in [2.75, 3.05) is 6.54 Å². The predicted octanol–water partition coefficient (Wildman–Crippen LogP) is 5.24. The normalized spacial score (nSPS) is 12.7. The summed E-state index contributed by atoms with van der Waals surface area (Å²) < 4.78 is 54.5. The highest BCUT2D eigenvalue weighted by molar-refractivity contribution is 7.77. The summed E-state index contributed by atoms with van der Waals surface area (Å²) in [5.74, 6) is -4.67. The van der Waals surface area contributed by atoms with Gasteiger partial charge in [-0.1, -0.05) is 43.6 Å². The third-order valence-corrected chi connectivity index (χ3v) is 7.77. The molecule has 3 N–H and O–H groups in total. The Morgan fingerprint density at radius 1 is 1.14 bits per heavy atom. The van der Waals surface area contributed by atoms with Gasteiger partial charge in [-0.3, -0.25) is 18.1 Å². The van der Waals surface area contributed by atoms with Crippen LogP contribution in [0.25, 0.3) is 22.2 Å². The number of carbonyl (C=O) groups excluding carboxylic acids is 2. The fourth-order valence-corrected chi connectivity index (χ4v) is 5.26. The summed E-state index contributed by atoms with van der Waals surface area (Å²) in [7, 11) is 0. The molecule has 14 heteroatoms. The number of hydrogen-bond acceptors (Lipinski definition) is 6. The molecular formula is C29H26ClF2N4O6S-. The van der Waals surface area contributed by atoms with Gasteiger partial charge >= 0.3 is 6.09 Å². The van der Waals surface area contributed by atoms with Crippen molar-refractivity contribution in [3.8, 4) is 11.1 Å². The van der Waals surface area contributed by atoms with E-state index in [2.05, 4.69) is 9.97 Å². The molecule has 2 heterocycles. The molecule has 0 radical (unpaired) electrons. The van der Waals surface area contributed by atoms with Crippen molar-refractivity contribution in [2.24, 2.45) is 5.92 Å². The highest BCUT2D eigenvalue weighted by Crippen LogP contribution is 2.29. The Bertz CT molecular complexity index is 1710. The van der Waals surface area contributed by atoms with Crippen LogP contribution in [-0.2, 0) is 22.5 Å². The molecule has 0 saturated heterocycles. The molecule has 2 aromatic carbocycles. The standard InChI is InChI=1S/C29H27ClF2N4O6S/c1-15(2)25(35-29(39)40)28(38)36(43(41)42)11-3-4-17-7-10-22(31)23(24(17)32)26(37)21-14-34-27-20(21)12-18(13-33-27)16-5-8-19(30)9-6-16/h5-10,12-15,25,35H,3-4,11H2,1-2H3,(H,33,34)(H,39,40)(H,41,42)/p-1. The molecule has 0 spiro atoms. The van der Waals surface area contributed by atoms with Crippen LogP contribution in [0.15, 0.2) is 54.9 Å². The van der Waals surface area contributed by atoms with Crippen LogP contribution in [0.2, 0.25) is 5.02 Å². The molecule has 0 saturated carbocycles. The van der Waals surface area contributed by atoms with Crippen LogP contribution < -0.4 is 5.32 Å². The maximum atomic E-state index is 15.6. The van der Waals surface area contributed by atoms with E-state index >= 15 is 4.39 Å². The van der Waals surface area contributed by atoms with E-state index in [9.17, 15) is 27.5 Å². The van der Waals surface area contributed by atoms with Gasteiger partial charge in [0, 0.05) is 51.7 Å². The van der Waals surface area contributed by atoms with Gasteiger partial charge in [0.05, 0.1) is 5.56 Å². The number of benzene rings is 2. The van der Waals surface area contributed by atoms with E-state index in [1.54, 1.807) is 50.4 Å². The van der Waals surface area contributed by atoms with Crippen molar-refractivity contribution < 1.29 is 37.0 Å². The zero-order valence-corrected chi connectivity index (χ0v) is 24.5. The van der Waals surface area contributed by atoms with E-state index in [0.29, 0.717) is 25.9 Å². The number of aryl methyl sites for hydroxylation is 1. The van der Waals surface area contributed by atoms with Crippen LogP contribution in [0.5, 0.6) is 0 Å². The van der Waals surface area contributed by atoms with E-state index in [-0.39, 0.29) is 24.0 Å². The molecule has 0 bridgehead atoms. The number of aromatic amines is 1. The molecule has 2 amide bonds. The Labute approximate surface area is 252 Å². The molecule has 0 aliphatic carbocycles. The molecule has 2 atom stereocenters. The van der Waals surface area contributed by atoms with Crippen LogP contribution in [-0.4, -0.2) is 58.5 Å². The first-order valence-electron chi connectivity index (χ1n) is 13.0. The Hall–Kier alpha value is -4.20. The van der Waals surface area contributed by atoms with Gasteiger partial charge < -0.3 is 20.0 Å². The number of amides is 2. The van der Waals surface area contributed by atoms with Gasteiger partial charge in [0.15, 0.2) is 0 Å². The fraction of sp³-hybridized carbons (Fsp3) is 0.241. The number of aromatic nitrogens is 2. The molecule has 226 valence electrons. The largest absolute Gasteiger partial charge is 0.755 e. The van der Waals surface area contributed by atoms with Crippen LogP contribution in [0.4, 0.5) is 13.6 Å². The smallest absolute Gasteiger partial charge is 0.405 e. The summed E-state index contributed by atoms with van der Waals surface area (Å²) in [6.45, 7) is 2.68. The van der Waals surface area contributed by atoms with Crippen molar-refractivity contribution in [1.82, 2.24) is 19.6 Å². The molecule has 2 aromatic heterocycles. The molecule has 0 aliphatic rings. The molecular weight excluding hydrogens is 606 g/mol. The summed E-state index contributed by atoms with van der Waals surface area (Å²) in [6, 6.07) is 9.36. The average molecular weight is 632 g/mol. The van der Waals surface area contributed by atoms with E-state index in [0.717, 1.165) is 17.7 Å². The Kier molecular flexibility index (Phi) is 9.89. The summed E-state index contributed by atoms with van der Waals surface area (Å²) >= 11 is 2.93. The van der Waals surface area contributed by atoms with Gasteiger partial charge in [-0.05, 0) is 54.2 Å². The van der Waals surface area contributed by atoms with Gasteiger partial charge in [0.25, 0.3) is 5.91 Å². The van der Waals surface area contributed by atoms with Crippen LogP contribution in [0, 0.1) is 17.6 Å². The topological polar surface area (TPSA) is 156 Å². The Morgan fingerprint density at radius 3 is 2.47 bits per heavy atom. The highest BCUT2D eigenvalue weighted by Gasteiger charge is 2.30. The second-order valence-electron chi connectivity index (χ2n) is 9.99. The van der Waals surface area contributed by atoms with Crippen LogP contribution in [0.3, 0.4) is 0 Å². The van der Waals surface area contributed by atoms with Crippen molar-refractivity contribution in [2.45, 2.75) is 32.7 Å². The number of halogens is 3. The number of nitrogens with zero attached hydrogens (tertiary/aromatic N) is 2. The lowest BCUT2D eigenvalue weighted by Gasteiger charge is -2.30. The maximum absolute atomic E-state index is 15.6. The van der Waals surface area contributed by atoms with Crippen LogP contribution >= 0.6 is 11.6 Å². The second kappa shape index (κ2) is 13.4. The number of H-pyrrole nitrogens is 1. The summed E-state index contributed by atoms with van der Waals surface area (Å²) in [4.78, 5) is 44.4. The monoisotopic (exact) mass is 631 g/mol. The lowest BCUT2D eigenvalue weighted by atomic mass is 9.97. The number of carboxylic acid groups (broad SMARTS) is 1. The summed E-state index contributed by atoms with van der Waals surface area (Å²) in [6.07, 6.45) is 1.17. The molecule has 4 aromatic rings. The van der Waals surface area contributed by atoms with Gasteiger partial charge in [-0.2, -0.15) is 0 Å². The molecule has 0 fully saturated rings. The molecule has 0 aliphatic heterocycles.